The molecule has 1 rings (SSSR count). The molecule has 1 aromatic heterocycles. The zero-order valence-electron chi connectivity index (χ0n) is 9.45. The van der Waals surface area contributed by atoms with Crippen LogP contribution < -0.4 is 4.72 Å². The first-order chi connectivity index (χ1) is 7.99. The Bertz CT molecular complexity index is 445. The fourth-order valence-corrected chi connectivity index (χ4v) is 4.30. The maximum atomic E-state index is 11.9. The number of thiophene rings is 1. The molecule has 0 aliphatic carbocycles. The highest BCUT2D eigenvalue weighted by Crippen LogP contribution is 2.25. The maximum absolute atomic E-state index is 11.9. The molecule has 1 atom stereocenters. The third-order valence-electron chi connectivity index (χ3n) is 2.47. The molecular formula is C10H15Cl2NO2S2. The lowest BCUT2D eigenvalue weighted by atomic mass is 10.0. The number of nitrogens with one attached hydrogen (secondary N) is 1. The predicted molar refractivity (Wildman–Crippen MR) is 73.6 cm³/mol. The fourth-order valence-electron chi connectivity index (χ4n) is 1.35. The van der Waals surface area contributed by atoms with E-state index in [2.05, 4.69) is 4.72 Å². The normalized spacial score (nSPS) is 13.8. The summed E-state index contributed by atoms with van der Waals surface area (Å²) in [5.74, 6) is 0.822. The molecule has 0 bridgehead atoms. The Morgan fingerprint density at radius 1 is 1.47 bits per heavy atom. The van der Waals surface area contributed by atoms with Crippen molar-refractivity contribution in [3.8, 4) is 0 Å². The molecule has 0 spiro atoms. The van der Waals surface area contributed by atoms with Gasteiger partial charge in [0.15, 0.2) is 0 Å². The summed E-state index contributed by atoms with van der Waals surface area (Å²) in [6.45, 7) is 2.44. The van der Waals surface area contributed by atoms with Gasteiger partial charge in [-0.1, -0.05) is 24.9 Å². The summed E-state index contributed by atoms with van der Waals surface area (Å²) < 4.78 is 27.1. The second kappa shape index (κ2) is 6.95. The largest absolute Gasteiger partial charge is 0.250 e. The van der Waals surface area contributed by atoms with E-state index in [-0.39, 0.29) is 10.1 Å². The Balaban J connectivity index is 2.61. The predicted octanol–water partition coefficient (Wildman–Crippen LogP) is 3.33. The van der Waals surface area contributed by atoms with Crippen LogP contribution in [0.25, 0.3) is 0 Å². The van der Waals surface area contributed by atoms with Gasteiger partial charge < -0.3 is 0 Å². The van der Waals surface area contributed by atoms with Crippen molar-refractivity contribution in [1.82, 2.24) is 4.72 Å². The second-order valence-corrected chi connectivity index (χ2v) is 7.75. The molecule has 0 amide bonds. The molecule has 7 heteroatoms. The molecule has 1 unspecified atom stereocenters. The number of hydrogen-bond acceptors (Lipinski definition) is 3. The molecule has 0 aromatic carbocycles. The highest BCUT2D eigenvalue weighted by atomic mass is 35.5. The van der Waals surface area contributed by atoms with Crippen molar-refractivity contribution >= 4 is 44.6 Å². The van der Waals surface area contributed by atoms with Crippen molar-refractivity contribution in [3.05, 3.63) is 16.5 Å². The molecular weight excluding hydrogens is 301 g/mol. The average molecular weight is 316 g/mol. The van der Waals surface area contributed by atoms with Gasteiger partial charge in [0.25, 0.3) is 0 Å². The van der Waals surface area contributed by atoms with Crippen LogP contribution in [-0.4, -0.2) is 20.8 Å². The van der Waals surface area contributed by atoms with Crippen molar-refractivity contribution in [2.45, 2.75) is 24.0 Å². The van der Waals surface area contributed by atoms with Crippen molar-refractivity contribution in [2.24, 2.45) is 5.92 Å². The minimum absolute atomic E-state index is 0.253. The molecule has 0 saturated heterocycles. The second-order valence-electron chi connectivity index (χ2n) is 3.66. The molecule has 1 aromatic rings. The fraction of sp³-hybridized carbons (Fsp3) is 0.600. The van der Waals surface area contributed by atoms with Gasteiger partial charge in [0, 0.05) is 12.4 Å². The van der Waals surface area contributed by atoms with Crippen LogP contribution in [0.5, 0.6) is 0 Å². The summed E-state index contributed by atoms with van der Waals surface area (Å²) in [7, 11) is -3.42. The molecule has 98 valence electrons. The van der Waals surface area contributed by atoms with Gasteiger partial charge in [-0.15, -0.1) is 22.9 Å². The topological polar surface area (TPSA) is 46.2 Å². The smallest absolute Gasteiger partial charge is 0.210 e. The summed E-state index contributed by atoms with van der Waals surface area (Å²) in [4.78, 5) is 0. The Hall–Kier alpha value is 0.190. The molecule has 0 aliphatic heterocycles. The number of sulfonamides is 1. The molecule has 0 radical (unpaired) electrons. The Labute approximate surface area is 116 Å². The summed E-state index contributed by atoms with van der Waals surface area (Å²) in [6.07, 6.45) is 1.71. The van der Waals surface area contributed by atoms with Gasteiger partial charge in [-0.05, 0) is 24.5 Å². The van der Waals surface area contributed by atoms with E-state index < -0.39 is 10.0 Å². The lowest BCUT2D eigenvalue weighted by Crippen LogP contribution is -2.28. The van der Waals surface area contributed by atoms with Gasteiger partial charge in [-0.3, -0.25) is 0 Å². The minimum Gasteiger partial charge on any atom is -0.210 e. The van der Waals surface area contributed by atoms with Gasteiger partial charge in [0.1, 0.15) is 4.21 Å². The molecule has 0 saturated carbocycles. The third kappa shape index (κ3) is 4.75. The highest BCUT2D eigenvalue weighted by molar-refractivity contribution is 7.91. The van der Waals surface area contributed by atoms with Gasteiger partial charge in [0.05, 0.1) is 4.34 Å². The highest BCUT2D eigenvalue weighted by Gasteiger charge is 2.17. The van der Waals surface area contributed by atoms with E-state index in [1.165, 1.54) is 6.07 Å². The molecule has 0 fully saturated rings. The van der Waals surface area contributed by atoms with Crippen LogP contribution in [0.4, 0.5) is 0 Å². The van der Waals surface area contributed by atoms with Crippen LogP contribution in [0, 0.1) is 5.92 Å². The van der Waals surface area contributed by atoms with Crippen molar-refractivity contribution < 1.29 is 8.42 Å². The van der Waals surface area contributed by atoms with E-state index in [1.807, 2.05) is 6.92 Å². The minimum atomic E-state index is -3.42. The van der Waals surface area contributed by atoms with Crippen LogP contribution in [-0.2, 0) is 10.0 Å². The van der Waals surface area contributed by atoms with Crippen LogP contribution in [0.15, 0.2) is 16.3 Å². The first-order valence-electron chi connectivity index (χ1n) is 5.30. The number of hydrogen-bond donors (Lipinski definition) is 1. The van der Waals surface area contributed by atoms with Crippen molar-refractivity contribution in [2.75, 3.05) is 12.4 Å². The SMILES string of the molecule is CCC(CCCl)CNS(=O)(=O)c1ccc(Cl)s1. The molecule has 0 aliphatic rings. The zero-order valence-corrected chi connectivity index (χ0v) is 12.6. The standard InChI is InChI=1S/C10H15Cl2NO2S2/c1-2-8(5-6-11)7-13-17(14,15)10-4-3-9(12)16-10/h3-4,8,13H,2,5-7H2,1H3. The first kappa shape index (κ1) is 15.2. The van der Waals surface area contributed by atoms with E-state index in [1.54, 1.807) is 6.07 Å². The lowest BCUT2D eigenvalue weighted by molar-refractivity contribution is 0.481. The molecule has 3 nitrogen and oxygen atoms in total. The zero-order chi connectivity index (χ0) is 12.9. The van der Waals surface area contributed by atoms with Crippen LogP contribution >= 0.6 is 34.5 Å². The molecule has 17 heavy (non-hydrogen) atoms. The monoisotopic (exact) mass is 315 g/mol. The Kier molecular flexibility index (Phi) is 6.23. The summed E-state index contributed by atoms with van der Waals surface area (Å²) >= 11 is 12.4. The summed E-state index contributed by atoms with van der Waals surface area (Å²) in [5.41, 5.74) is 0. The van der Waals surface area contributed by atoms with Crippen LogP contribution in [0.3, 0.4) is 0 Å². The van der Waals surface area contributed by atoms with Crippen LogP contribution in [0.2, 0.25) is 4.34 Å². The Morgan fingerprint density at radius 2 is 2.18 bits per heavy atom. The van der Waals surface area contributed by atoms with Gasteiger partial charge in [-0.2, -0.15) is 0 Å². The number of rotatable bonds is 7. The summed E-state index contributed by atoms with van der Waals surface area (Å²) in [6, 6.07) is 3.09. The maximum Gasteiger partial charge on any atom is 0.250 e. The lowest BCUT2D eigenvalue weighted by Gasteiger charge is -2.13. The van der Waals surface area contributed by atoms with Crippen molar-refractivity contribution in [1.29, 1.82) is 0 Å². The van der Waals surface area contributed by atoms with E-state index in [0.717, 1.165) is 24.2 Å². The van der Waals surface area contributed by atoms with Gasteiger partial charge >= 0.3 is 0 Å². The first-order valence-corrected chi connectivity index (χ1v) is 8.51. The molecule has 1 N–H and O–H groups in total. The Morgan fingerprint density at radius 3 is 2.65 bits per heavy atom. The van der Waals surface area contributed by atoms with Crippen molar-refractivity contribution in [3.63, 3.8) is 0 Å². The number of halogens is 2. The summed E-state index contributed by atoms with van der Waals surface area (Å²) in [5, 5.41) is 0. The van der Waals surface area contributed by atoms with E-state index in [4.69, 9.17) is 23.2 Å². The van der Waals surface area contributed by atoms with E-state index >= 15 is 0 Å². The number of alkyl halides is 1. The molecule has 1 heterocycles. The third-order valence-corrected chi connectivity index (χ3v) is 5.83. The van der Waals surface area contributed by atoms with E-state index in [9.17, 15) is 8.42 Å². The van der Waals surface area contributed by atoms with Gasteiger partial charge in [0.2, 0.25) is 10.0 Å². The van der Waals surface area contributed by atoms with Crippen LogP contribution in [0.1, 0.15) is 19.8 Å². The average Bonchev–Trinajstić information content (AvgIpc) is 2.72. The van der Waals surface area contributed by atoms with Gasteiger partial charge in [-0.25, -0.2) is 13.1 Å². The quantitative estimate of drug-likeness (QED) is 0.784. The van der Waals surface area contributed by atoms with E-state index in [0.29, 0.717) is 16.8 Å².